The monoisotopic (exact) mass is 491 g/mol. The summed E-state index contributed by atoms with van der Waals surface area (Å²) in [6.45, 7) is 13.8. The van der Waals surface area contributed by atoms with Gasteiger partial charge in [-0.05, 0) is 85.7 Å². The lowest BCUT2D eigenvalue weighted by molar-refractivity contribution is -0.462. The normalized spacial score (nSPS) is 13.9. The Bertz CT molecular complexity index is 1370. The Balaban J connectivity index is 2.05. The van der Waals surface area contributed by atoms with Crippen molar-refractivity contribution in [2.75, 3.05) is 33.1 Å². The molecule has 0 aromatic heterocycles. The van der Waals surface area contributed by atoms with E-state index in [1.165, 1.54) is 55.9 Å². The zero-order valence-electron chi connectivity index (χ0n) is 24.4. The quantitative estimate of drug-likeness (QED) is 0.336. The molecule has 0 radical (unpaired) electrons. The molecule has 3 aliphatic carbocycles. The van der Waals surface area contributed by atoms with Gasteiger partial charge in [-0.1, -0.05) is 77.9 Å². The van der Waals surface area contributed by atoms with Crippen LogP contribution in [-0.2, 0) is 10.8 Å². The Hall–Kier alpha value is -3.39. The topological polar surface area (TPSA) is 6.25 Å². The molecule has 0 bridgehead atoms. The minimum Gasteiger partial charge on any atom is -0.378 e. The predicted molar refractivity (Wildman–Crippen MR) is 163 cm³/mol. The lowest BCUT2D eigenvalue weighted by Crippen LogP contribution is -2.11. The van der Waals surface area contributed by atoms with Crippen molar-refractivity contribution >= 4 is 17.0 Å². The molecule has 37 heavy (non-hydrogen) atoms. The maximum Gasteiger partial charge on any atom is 0.199 e. The van der Waals surface area contributed by atoms with Gasteiger partial charge in [-0.3, -0.25) is 0 Å². The molecule has 0 saturated heterocycles. The molecule has 0 unspecified atom stereocenters. The highest BCUT2D eigenvalue weighted by atomic mass is 15.1. The molecule has 2 nitrogen and oxygen atoms in total. The van der Waals surface area contributed by atoms with Crippen molar-refractivity contribution in [2.24, 2.45) is 0 Å². The van der Waals surface area contributed by atoms with Gasteiger partial charge in [0.2, 0.25) is 0 Å². The third-order valence-electron chi connectivity index (χ3n) is 7.31. The molecule has 1 aromatic carbocycles. The van der Waals surface area contributed by atoms with E-state index < -0.39 is 0 Å². The van der Waals surface area contributed by atoms with Crippen LogP contribution in [0.1, 0.15) is 63.8 Å². The third-order valence-corrected chi connectivity index (χ3v) is 7.31. The SMILES string of the molecule is CN(C)c1ccc(C(=C2C=CC(=[N+](C)C)C=C2)c2cc(C(C)(C)C)c3ccc(C(C)(C)C)ccc2-3)cc1. The van der Waals surface area contributed by atoms with E-state index in [1.807, 2.05) is 0 Å². The van der Waals surface area contributed by atoms with Gasteiger partial charge in [-0.2, -0.15) is 0 Å². The molecule has 0 N–H and O–H groups in total. The zero-order chi connectivity index (χ0) is 27.1. The van der Waals surface area contributed by atoms with Crippen LogP contribution in [0, 0.1) is 0 Å². The molecular formula is C35H43N2+. The van der Waals surface area contributed by atoms with Gasteiger partial charge < -0.3 is 4.90 Å². The van der Waals surface area contributed by atoms with Gasteiger partial charge in [-0.25, -0.2) is 4.58 Å². The summed E-state index contributed by atoms with van der Waals surface area (Å²) in [4.78, 5) is 2.15. The number of rotatable bonds is 3. The van der Waals surface area contributed by atoms with Crippen LogP contribution in [-0.4, -0.2) is 38.5 Å². The standard InChI is InChI=1S/C35H43N2/c1-34(2,3)26-15-21-29-30(22-16-26)32(35(4,5)6)23-31(29)33(24-11-17-27(18-12-24)36(7)8)25-13-19-28(20-14-25)37(9)10/h11-23H,1-10H3/q+1. The van der Waals surface area contributed by atoms with Gasteiger partial charge >= 0.3 is 0 Å². The van der Waals surface area contributed by atoms with Crippen molar-refractivity contribution in [3.8, 4) is 11.1 Å². The lowest BCUT2D eigenvalue weighted by atomic mass is 9.85. The molecule has 4 rings (SSSR count). The maximum absolute atomic E-state index is 2.44. The van der Waals surface area contributed by atoms with Gasteiger partial charge in [0.15, 0.2) is 5.71 Å². The first kappa shape index (κ1) is 26.7. The fourth-order valence-corrected chi connectivity index (χ4v) is 5.01. The second-order valence-corrected chi connectivity index (χ2v) is 12.7. The number of allylic oxidation sites excluding steroid dienone is 5. The van der Waals surface area contributed by atoms with Crippen LogP contribution >= 0.6 is 0 Å². The van der Waals surface area contributed by atoms with Crippen LogP contribution in [0.3, 0.4) is 0 Å². The molecule has 0 heterocycles. The van der Waals surface area contributed by atoms with Gasteiger partial charge in [0.1, 0.15) is 14.1 Å². The highest BCUT2D eigenvalue weighted by Crippen LogP contribution is 2.45. The first-order valence-electron chi connectivity index (χ1n) is 13.3. The number of nitrogens with zero attached hydrogens (tertiary/aromatic N) is 2. The van der Waals surface area contributed by atoms with Gasteiger partial charge in [0.25, 0.3) is 0 Å². The van der Waals surface area contributed by atoms with Crippen LogP contribution < -0.4 is 4.90 Å². The second-order valence-electron chi connectivity index (χ2n) is 12.7. The Labute approximate surface area is 224 Å². The molecule has 3 aliphatic rings. The fraction of sp³-hybridized carbons (Fsp3) is 0.343. The summed E-state index contributed by atoms with van der Waals surface area (Å²) in [5.74, 6) is 0. The summed E-state index contributed by atoms with van der Waals surface area (Å²) in [5.41, 5.74) is 13.0. The first-order valence-corrected chi connectivity index (χ1v) is 13.3. The van der Waals surface area contributed by atoms with Crippen LogP contribution in [0.5, 0.6) is 0 Å². The molecular weight excluding hydrogens is 448 g/mol. The maximum atomic E-state index is 2.44. The molecule has 0 fully saturated rings. The van der Waals surface area contributed by atoms with E-state index in [9.17, 15) is 0 Å². The van der Waals surface area contributed by atoms with Crippen molar-refractivity contribution in [2.45, 2.75) is 52.4 Å². The highest BCUT2D eigenvalue weighted by Gasteiger charge is 2.27. The molecule has 0 amide bonds. The minimum absolute atomic E-state index is 0.0292. The largest absolute Gasteiger partial charge is 0.378 e. The van der Waals surface area contributed by atoms with Gasteiger partial charge in [0.05, 0.1) is 0 Å². The van der Waals surface area contributed by atoms with E-state index >= 15 is 0 Å². The van der Waals surface area contributed by atoms with E-state index in [0.29, 0.717) is 0 Å². The van der Waals surface area contributed by atoms with Crippen molar-refractivity contribution in [1.82, 2.24) is 0 Å². The average Bonchev–Trinajstić information content (AvgIpc) is 3.02. The minimum atomic E-state index is 0.0292. The van der Waals surface area contributed by atoms with Crippen molar-refractivity contribution in [3.05, 3.63) is 107 Å². The van der Waals surface area contributed by atoms with E-state index in [-0.39, 0.29) is 10.8 Å². The number of fused-ring (bicyclic) bond motifs is 1. The number of benzene rings is 1. The molecule has 0 spiro atoms. The third kappa shape index (κ3) is 5.49. The number of anilines is 1. The first-order chi connectivity index (χ1) is 17.3. The highest BCUT2D eigenvalue weighted by molar-refractivity contribution is 6.05. The molecule has 0 aliphatic heterocycles. The van der Waals surface area contributed by atoms with Crippen LogP contribution in [0.4, 0.5) is 5.69 Å². The second kappa shape index (κ2) is 9.82. The smallest absolute Gasteiger partial charge is 0.199 e. The Kier molecular flexibility index (Phi) is 7.08. The summed E-state index contributed by atoms with van der Waals surface area (Å²) in [6, 6.07) is 20.8. The molecule has 2 heteroatoms. The van der Waals surface area contributed by atoms with Crippen LogP contribution in [0.2, 0.25) is 0 Å². The lowest BCUT2D eigenvalue weighted by Gasteiger charge is -2.19. The molecule has 1 aromatic rings. The fourth-order valence-electron chi connectivity index (χ4n) is 5.01. The van der Waals surface area contributed by atoms with Gasteiger partial charge in [0, 0.05) is 31.9 Å². The number of hydrogen-bond donors (Lipinski definition) is 0. The van der Waals surface area contributed by atoms with Gasteiger partial charge in [-0.15, -0.1) is 0 Å². The predicted octanol–water partition coefficient (Wildman–Crippen LogP) is 8.09. The van der Waals surface area contributed by atoms with E-state index in [2.05, 4.69) is 158 Å². The van der Waals surface area contributed by atoms with E-state index in [0.717, 1.165) is 0 Å². The summed E-state index contributed by atoms with van der Waals surface area (Å²) in [6.07, 6.45) is 8.97. The van der Waals surface area contributed by atoms with Crippen molar-refractivity contribution in [3.63, 3.8) is 0 Å². The summed E-state index contributed by atoms with van der Waals surface area (Å²) >= 11 is 0. The Morgan fingerprint density at radius 1 is 0.676 bits per heavy atom. The number of hydrogen-bond acceptors (Lipinski definition) is 1. The van der Waals surface area contributed by atoms with Crippen molar-refractivity contribution < 1.29 is 4.58 Å². The average molecular weight is 492 g/mol. The molecule has 192 valence electrons. The molecule has 0 saturated carbocycles. The van der Waals surface area contributed by atoms with Crippen LogP contribution in [0.25, 0.3) is 16.7 Å². The Morgan fingerprint density at radius 3 is 1.73 bits per heavy atom. The zero-order valence-corrected chi connectivity index (χ0v) is 24.4. The summed E-state index contributed by atoms with van der Waals surface area (Å²) in [5, 5.41) is 0. The van der Waals surface area contributed by atoms with E-state index in [1.54, 1.807) is 0 Å². The van der Waals surface area contributed by atoms with Crippen molar-refractivity contribution in [1.29, 1.82) is 0 Å². The van der Waals surface area contributed by atoms with Crippen LogP contribution in [0.15, 0.2) is 84.5 Å². The van der Waals surface area contributed by atoms with E-state index in [4.69, 9.17) is 0 Å². The molecule has 0 atom stereocenters. The summed E-state index contributed by atoms with van der Waals surface area (Å²) in [7, 11) is 8.36. The summed E-state index contributed by atoms with van der Waals surface area (Å²) < 4.78 is 2.15. The Morgan fingerprint density at radius 2 is 1.24 bits per heavy atom.